The van der Waals surface area contributed by atoms with Crippen LogP contribution in [0.3, 0.4) is 0 Å². The van der Waals surface area contributed by atoms with Crippen molar-refractivity contribution in [3.05, 3.63) is 29.8 Å². The average Bonchev–Trinajstić information content (AvgIpc) is 2.15. The first-order chi connectivity index (χ1) is 6.45. The van der Waals surface area contributed by atoms with Gasteiger partial charge in [-0.05, 0) is 17.7 Å². The molecule has 0 aliphatic rings. The summed E-state index contributed by atoms with van der Waals surface area (Å²) in [5.41, 5.74) is 0.708. The Labute approximate surface area is 82.3 Å². The Kier molecular flexibility index (Phi) is 3.23. The molecular weight excluding hydrogens is 207 g/mol. The topological polar surface area (TPSA) is 54.4 Å². The van der Waals surface area contributed by atoms with Crippen LogP contribution >= 0.6 is 0 Å². The van der Waals surface area contributed by atoms with Crippen molar-refractivity contribution in [3.8, 4) is 0 Å². The van der Waals surface area contributed by atoms with E-state index in [4.69, 9.17) is 4.55 Å². The Hall–Kier alpha value is -0.940. The second kappa shape index (κ2) is 4.06. The predicted octanol–water partition coefficient (Wildman–Crippen LogP) is 2.01. The lowest BCUT2D eigenvalue weighted by Crippen LogP contribution is -2.00. The van der Waals surface area contributed by atoms with Crippen LogP contribution in [-0.4, -0.2) is 19.6 Å². The van der Waals surface area contributed by atoms with Crippen LogP contribution in [0.15, 0.2) is 29.2 Å². The first-order valence-corrected chi connectivity index (χ1v) is 5.52. The lowest BCUT2D eigenvalue weighted by Gasteiger charge is -2.06. The fraction of sp³-hybridized carbons (Fsp3) is 0.333. The molecule has 0 bridgehead atoms. The predicted molar refractivity (Wildman–Crippen MR) is 50.6 cm³/mol. The van der Waals surface area contributed by atoms with E-state index in [-0.39, 0.29) is 10.8 Å². The van der Waals surface area contributed by atoms with Crippen molar-refractivity contribution in [2.75, 3.05) is 6.67 Å². The van der Waals surface area contributed by atoms with Gasteiger partial charge in [-0.1, -0.05) is 19.1 Å². The van der Waals surface area contributed by atoms with Gasteiger partial charge in [0, 0.05) is 5.92 Å². The maximum atomic E-state index is 12.2. The van der Waals surface area contributed by atoms with E-state index in [1.54, 1.807) is 6.92 Å². The third-order valence-electron chi connectivity index (χ3n) is 1.98. The Morgan fingerprint density at radius 2 is 1.86 bits per heavy atom. The highest BCUT2D eigenvalue weighted by atomic mass is 32.2. The summed E-state index contributed by atoms with van der Waals surface area (Å²) in [6.45, 7) is 1.20. The SMILES string of the molecule is CC(CF)c1ccc(S(=O)(=O)O)cc1. The number of alkyl halides is 1. The Morgan fingerprint density at radius 1 is 1.36 bits per heavy atom. The molecule has 0 heterocycles. The molecule has 78 valence electrons. The minimum absolute atomic E-state index is 0.174. The van der Waals surface area contributed by atoms with Crippen molar-refractivity contribution in [3.63, 3.8) is 0 Å². The molecule has 3 nitrogen and oxygen atoms in total. The molecule has 1 aromatic carbocycles. The second-order valence-corrected chi connectivity index (χ2v) is 4.52. The van der Waals surface area contributed by atoms with Crippen LogP contribution in [0.25, 0.3) is 0 Å². The highest BCUT2D eigenvalue weighted by molar-refractivity contribution is 7.85. The van der Waals surface area contributed by atoms with Gasteiger partial charge in [-0.25, -0.2) is 0 Å². The Balaban J connectivity index is 3.01. The average molecular weight is 218 g/mol. The molecule has 1 N–H and O–H groups in total. The summed E-state index contributed by atoms with van der Waals surface area (Å²) in [7, 11) is -4.15. The summed E-state index contributed by atoms with van der Waals surface area (Å²) >= 11 is 0. The summed E-state index contributed by atoms with van der Waals surface area (Å²) in [4.78, 5) is -0.174. The number of benzene rings is 1. The first kappa shape index (κ1) is 11.1. The van der Waals surface area contributed by atoms with Gasteiger partial charge in [0.15, 0.2) is 0 Å². The van der Waals surface area contributed by atoms with E-state index in [0.717, 1.165) is 0 Å². The molecule has 0 aliphatic carbocycles. The van der Waals surface area contributed by atoms with Crippen LogP contribution < -0.4 is 0 Å². The molecule has 1 aromatic rings. The van der Waals surface area contributed by atoms with Crippen molar-refractivity contribution in [1.29, 1.82) is 0 Å². The lowest BCUT2D eigenvalue weighted by molar-refractivity contribution is 0.447. The van der Waals surface area contributed by atoms with Crippen LogP contribution in [0.5, 0.6) is 0 Å². The summed E-state index contributed by atoms with van der Waals surface area (Å²) in [5.74, 6) is -0.259. The number of hydrogen-bond donors (Lipinski definition) is 1. The third kappa shape index (κ3) is 2.52. The highest BCUT2D eigenvalue weighted by Crippen LogP contribution is 2.18. The van der Waals surface area contributed by atoms with E-state index in [9.17, 15) is 12.8 Å². The number of halogens is 1. The monoisotopic (exact) mass is 218 g/mol. The molecule has 1 atom stereocenters. The second-order valence-electron chi connectivity index (χ2n) is 3.10. The molecule has 0 saturated carbocycles. The molecule has 0 aromatic heterocycles. The van der Waals surface area contributed by atoms with E-state index in [0.29, 0.717) is 5.56 Å². The van der Waals surface area contributed by atoms with Crippen LogP contribution in [-0.2, 0) is 10.1 Å². The van der Waals surface area contributed by atoms with Crippen molar-refractivity contribution < 1.29 is 17.4 Å². The summed E-state index contributed by atoms with van der Waals surface area (Å²) in [6, 6.07) is 5.51. The third-order valence-corrected chi connectivity index (χ3v) is 2.85. The van der Waals surface area contributed by atoms with Crippen LogP contribution in [0.2, 0.25) is 0 Å². The van der Waals surface area contributed by atoms with Gasteiger partial charge in [0.25, 0.3) is 10.1 Å². The van der Waals surface area contributed by atoms with Crippen LogP contribution in [0, 0.1) is 0 Å². The maximum Gasteiger partial charge on any atom is 0.294 e. The van der Waals surface area contributed by atoms with E-state index in [1.165, 1.54) is 24.3 Å². The molecule has 0 aliphatic heterocycles. The molecule has 0 saturated heterocycles. The number of hydrogen-bond acceptors (Lipinski definition) is 2. The normalized spacial score (nSPS) is 13.9. The van der Waals surface area contributed by atoms with Crippen LogP contribution in [0.1, 0.15) is 18.4 Å². The fourth-order valence-corrected chi connectivity index (χ4v) is 1.54. The molecule has 14 heavy (non-hydrogen) atoms. The zero-order valence-electron chi connectivity index (χ0n) is 7.64. The minimum Gasteiger partial charge on any atom is -0.282 e. The van der Waals surface area contributed by atoms with Gasteiger partial charge in [-0.2, -0.15) is 8.42 Å². The minimum atomic E-state index is -4.15. The van der Waals surface area contributed by atoms with Crippen molar-refractivity contribution in [1.82, 2.24) is 0 Å². The van der Waals surface area contributed by atoms with Gasteiger partial charge in [-0.3, -0.25) is 8.94 Å². The fourth-order valence-electron chi connectivity index (χ4n) is 1.06. The Bertz CT molecular complexity index is 397. The number of rotatable bonds is 3. The summed E-state index contributed by atoms with van der Waals surface area (Å²) in [6.07, 6.45) is 0. The standard InChI is InChI=1S/C9H11FO3S/c1-7(6-10)8-2-4-9(5-3-8)14(11,12)13/h2-5,7H,6H2,1H3,(H,11,12,13). The molecule has 5 heteroatoms. The largest absolute Gasteiger partial charge is 0.294 e. The molecule has 0 radical (unpaired) electrons. The zero-order chi connectivity index (χ0) is 10.8. The quantitative estimate of drug-likeness (QED) is 0.789. The molecule has 0 spiro atoms. The summed E-state index contributed by atoms with van der Waals surface area (Å²) < 4.78 is 42.2. The van der Waals surface area contributed by atoms with E-state index >= 15 is 0 Å². The van der Waals surface area contributed by atoms with Gasteiger partial charge in [0.2, 0.25) is 0 Å². The van der Waals surface area contributed by atoms with Crippen LogP contribution in [0.4, 0.5) is 4.39 Å². The molecule has 0 amide bonds. The summed E-state index contributed by atoms with van der Waals surface area (Å²) in [5, 5.41) is 0. The van der Waals surface area contributed by atoms with Gasteiger partial charge < -0.3 is 0 Å². The molecule has 0 fully saturated rings. The zero-order valence-corrected chi connectivity index (χ0v) is 8.46. The van der Waals surface area contributed by atoms with Gasteiger partial charge >= 0.3 is 0 Å². The molecule has 1 unspecified atom stereocenters. The lowest BCUT2D eigenvalue weighted by atomic mass is 10.0. The Morgan fingerprint density at radius 3 is 2.21 bits per heavy atom. The maximum absolute atomic E-state index is 12.2. The van der Waals surface area contributed by atoms with E-state index in [2.05, 4.69) is 0 Å². The first-order valence-electron chi connectivity index (χ1n) is 4.08. The van der Waals surface area contributed by atoms with Gasteiger partial charge in [0.05, 0.1) is 11.6 Å². The smallest absolute Gasteiger partial charge is 0.282 e. The van der Waals surface area contributed by atoms with Crippen molar-refractivity contribution in [2.45, 2.75) is 17.7 Å². The van der Waals surface area contributed by atoms with Crippen molar-refractivity contribution in [2.24, 2.45) is 0 Å². The van der Waals surface area contributed by atoms with Crippen molar-refractivity contribution >= 4 is 10.1 Å². The molecule has 1 rings (SSSR count). The highest BCUT2D eigenvalue weighted by Gasteiger charge is 2.10. The van der Waals surface area contributed by atoms with E-state index < -0.39 is 16.8 Å². The van der Waals surface area contributed by atoms with Gasteiger partial charge in [0.1, 0.15) is 0 Å². The molecular formula is C9H11FO3S. The van der Waals surface area contributed by atoms with E-state index in [1.807, 2.05) is 0 Å². The van der Waals surface area contributed by atoms with Gasteiger partial charge in [-0.15, -0.1) is 0 Å².